The highest BCUT2D eigenvalue weighted by Gasteiger charge is 2.33. The molecule has 3 N–H and O–H groups in total. The van der Waals surface area contributed by atoms with Crippen molar-refractivity contribution in [3.63, 3.8) is 0 Å². The minimum absolute atomic E-state index is 0.172. The van der Waals surface area contributed by atoms with Gasteiger partial charge in [0.15, 0.2) is 0 Å². The number of thioether (sulfide) groups is 1. The predicted octanol–water partition coefficient (Wildman–Crippen LogP) is 1.03. The van der Waals surface area contributed by atoms with E-state index in [1.807, 2.05) is 0 Å². The molecule has 1 aromatic carbocycles. The van der Waals surface area contributed by atoms with Crippen molar-refractivity contribution in [2.24, 2.45) is 0 Å². The van der Waals surface area contributed by atoms with Gasteiger partial charge in [0, 0.05) is 5.75 Å². The Kier molecular flexibility index (Phi) is 4.79. The molecule has 1 aliphatic rings. The lowest BCUT2D eigenvalue weighted by molar-refractivity contribution is -0.126. The lowest BCUT2D eigenvalue weighted by Gasteiger charge is -2.27. The van der Waals surface area contributed by atoms with Crippen LogP contribution in [0.4, 0.5) is 10.3 Å². The van der Waals surface area contributed by atoms with Crippen LogP contribution in [-0.4, -0.2) is 44.0 Å². The summed E-state index contributed by atoms with van der Waals surface area (Å²) in [4.78, 5) is 28.3. The van der Waals surface area contributed by atoms with Gasteiger partial charge in [-0.2, -0.15) is 4.98 Å². The number of benzene rings is 1. The number of halogens is 1. The zero-order chi connectivity index (χ0) is 17.1. The summed E-state index contributed by atoms with van der Waals surface area (Å²) < 4.78 is 13.7. The maximum absolute atomic E-state index is 13.7. The third kappa shape index (κ3) is 3.73. The molecule has 2 aromatic rings. The van der Waals surface area contributed by atoms with Gasteiger partial charge in [0.05, 0.1) is 5.25 Å². The van der Waals surface area contributed by atoms with Gasteiger partial charge < -0.3 is 5.32 Å². The second kappa shape index (κ2) is 7.00. The number of amides is 2. The average Bonchev–Trinajstić information content (AvgIpc) is 2.96. The molecule has 1 fully saturated rings. The molecule has 0 spiro atoms. The standard InChI is InChI=1S/C15H16FN5O2S/c1-8-17-15(21-20-8)19-13(22)11-7-24-12(14(23)18-11)6-9-4-2-3-5-10(9)16/h2-5,11-12H,6-7H2,1H3,(H,18,23)(H2,17,19,20,21,22)/t11-,12+/m0/s1. The van der Waals surface area contributed by atoms with Crippen LogP contribution in [0, 0.1) is 12.7 Å². The normalized spacial score (nSPS) is 20.5. The summed E-state index contributed by atoms with van der Waals surface area (Å²) in [5.74, 6) is 0.174. The molecule has 0 unspecified atom stereocenters. The summed E-state index contributed by atoms with van der Waals surface area (Å²) in [6, 6.07) is 5.71. The number of carbonyl (C=O) groups is 2. The van der Waals surface area contributed by atoms with Crippen LogP contribution in [0.5, 0.6) is 0 Å². The number of aromatic nitrogens is 3. The Labute approximate surface area is 141 Å². The van der Waals surface area contributed by atoms with Crippen LogP contribution < -0.4 is 10.6 Å². The number of aryl methyl sites for hydroxylation is 1. The molecule has 2 heterocycles. The van der Waals surface area contributed by atoms with E-state index >= 15 is 0 Å². The Bertz CT molecular complexity index is 766. The highest BCUT2D eigenvalue weighted by atomic mass is 32.2. The zero-order valence-corrected chi connectivity index (χ0v) is 13.7. The minimum atomic E-state index is -0.668. The van der Waals surface area contributed by atoms with Crippen LogP contribution in [-0.2, 0) is 16.0 Å². The molecule has 7 nitrogen and oxygen atoms in total. The summed E-state index contributed by atoms with van der Waals surface area (Å²) in [6.07, 6.45) is 0.289. The molecular formula is C15H16FN5O2S. The van der Waals surface area contributed by atoms with E-state index in [1.54, 1.807) is 25.1 Å². The largest absolute Gasteiger partial charge is 0.343 e. The van der Waals surface area contributed by atoms with Crippen molar-refractivity contribution in [3.05, 3.63) is 41.5 Å². The summed E-state index contributed by atoms with van der Waals surface area (Å²) >= 11 is 1.34. The fraction of sp³-hybridized carbons (Fsp3) is 0.333. The van der Waals surface area contributed by atoms with E-state index in [-0.39, 0.29) is 30.0 Å². The van der Waals surface area contributed by atoms with Crippen molar-refractivity contribution < 1.29 is 14.0 Å². The molecule has 0 bridgehead atoms. The third-order valence-electron chi connectivity index (χ3n) is 3.58. The van der Waals surface area contributed by atoms with Gasteiger partial charge in [-0.1, -0.05) is 18.2 Å². The quantitative estimate of drug-likeness (QED) is 0.766. The van der Waals surface area contributed by atoms with Gasteiger partial charge >= 0.3 is 0 Å². The fourth-order valence-corrected chi connectivity index (χ4v) is 3.52. The molecular weight excluding hydrogens is 333 g/mol. The number of rotatable bonds is 4. The van der Waals surface area contributed by atoms with Gasteiger partial charge in [-0.3, -0.25) is 20.0 Å². The van der Waals surface area contributed by atoms with Crippen molar-refractivity contribution in [1.29, 1.82) is 0 Å². The second-order valence-corrected chi connectivity index (χ2v) is 6.65. The maximum Gasteiger partial charge on any atom is 0.250 e. The van der Waals surface area contributed by atoms with Gasteiger partial charge in [0.25, 0.3) is 0 Å². The first-order valence-corrected chi connectivity index (χ1v) is 8.43. The van der Waals surface area contributed by atoms with E-state index in [0.717, 1.165) is 0 Å². The first-order chi connectivity index (χ1) is 11.5. The number of H-pyrrole nitrogens is 1. The fourth-order valence-electron chi connectivity index (χ4n) is 2.35. The van der Waals surface area contributed by atoms with Crippen molar-refractivity contribution in [1.82, 2.24) is 20.5 Å². The summed E-state index contributed by atoms with van der Waals surface area (Å²) in [7, 11) is 0. The Balaban J connectivity index is 1.58. The number of hydrogen-bond donors (Lipinski definition) is 3. The lowest BCUT2D eigenvalue weighted by atomic mass is 10.1. The van der Waals surface area contributed by atoms with E-state index in [2.05, 4.69) is 25.8 Å². The Morgan fingerprint density at radius 3 is 2.92 bits per heavy atom. The smallest absolute Gasteiger partial charge is 0.250 e. The molecule has 1 aromatic heterocycles. The topological polar surface area (TPSA) is 99.8 Å². The van der Waals surface area contributed by atoms with Gasteiger partial charge in [0.1, 0.15) is 17.7 Å². The number of aromatic amines is 1. The first-order valence-electron chi connectivity index (χ1n) is 7.38. The lowest BCUT2D eigenvalue weighted by Crippen LogP contribution is -2.53. The highest BCUT2D eigenvalue weighted by molar-refractivity contribution is 8.00. The maximum atomic E-state index is 13.7. The zero-order valence-electron chi connectivity index (χ0n) is 12.9. The monoisotopic (exact) mass is 349 g/mol. The Hall–Kier alpha value is -2.42. The molecule has 9 heteroatoms. The van der Waals surface area contributed by atoms with E-state index in [4.69, 9.17) is 0 Å². The van der Waals surface area contributed by atoms with Crippen LogP contribution in [0.2, 0.25) is 0 Å². The molecule has 0 radical (unpaired) electrons. The van der Waals surface area contributed by atoms with Crippen molar-refractivity contribution in [2.45, 2.75) is 24.6 Å². The molecule has 0 aliphatic carbocycles. The predicted molar refractivity (Wildman–Crippen MR) is 88.0 cm³/mol. The summed E-state index contributed by atoms with van der Waals surface area (Å²) in [6.45, 7) is 1.72. The number of nitrogens with one attached hydrogen (secondary N) is 3. The SMILES string of the molecule is Cc1nc(NC(=O)[C@@H]2CS[C@H](Cc3ccccc3F)C(=O)N2)n[nH]1. The summed E-state index contributed by atoms with van der Waals surface area (Å²) in [5, 5.41) is 11.2. The molecule has 126 valence electrons. The Morgan fingerprint density at radius 2 is 2.25 bits per heavy atom. The van der Waals surface area contributed by atoms with Gasteiger partial charge in [-0.25, -0.2) is 4.39 Å². The third-order valence-corrected chi connectivity index (χ3v) is 4.89. The van der Waals surface area contributed by atoms with E-state index in [0.29, 0.717) is 17.1 Å². The number of carbonyl (C=O) groups excluding carboxylic acids is 2. The van der Waals surface area contributed by atoms with Crippen LogP contribution >= 0.6 is 11.8 Å². The highest BCUT2D eigenvalue weighted by Crippen LogP contribution is 2.23. The molecule has 1 saturated heterocycles. The second-order valence-electron chi connectivity index (χ2n) is 5.41. The van der Waals surface area contributed by atoms with Gasteiger partial charge in [-0.15, -0.1) is 16.9 Å². The van der Waals surface area contributed by atoms with Crippen LogP contribution in [0.1, 0.15) is 11.4 Å². The van der Waals surface area contributed by atoms with Crippen LogP contribution in [0.3, 0.4) is 0 Å². The van der Waals surface area contributed by atoms with Crippen LogP contribution in [0.15, 0.2) is 24.3 Å². The van der Waals surface area contributed by atoms with Gasteiger partial charge in [0.2, 0.25) is 17.8 Å². The molecule has 0 saturated carbocycles. The van der Waals surface area contributed by atoms with Crippen molar-refractivity contribution in [3.8, 4) is 0 Å². The number of hydrogen-bond acceptors (Lipinski definition) is 5. The number of anilines is 1. The van der Waals surface area contributed by atoms with E-state index in [1.165, 1.54) is 17.8 Å². The van der Waals surface area contributed by atoms with Crippen LogP contribution in [0.25, 0.3) is 0 Å². The molecule has 2 atom stereocenters. The van der Waals surface area contributed by atoms with E-state index < -0.39 is 11.3 Å². The summed E-state index contributed by atoms with van der Waals surface area (Å²) in [5.41, 5.74) is 0.490. The van der Waals surface area contributed by atoms with Gasteiger partial charge in [-0.05, 0) is 25.0 Å². The van der Waals surface area contributed by atoms with E-state index in [9.17, 15) is 14.0 Å². The average molecular weight is 349 g/mol. The molecule has 1 aliphatic heterocycles. The molecule has 24 heavy (non-hydrogen) atoms. The first kappa shape index (κ1) is 16.4. The molecule has 2 amide bonds. The van der Waals surface area contributed by atoms with Crippen molar-refractivity contribution >= 4 is 29.5 Å². The number of nitrogens with zero attached hydrogens (tertiary/aromatic N) is 2. The Morgan fingerprint density at radius 1 is 1.46 bits per heavy atom. The molecule has 3 rings (SSSR count). The van der Waals surface area contributed by atoms with Crippen molar-refractivity contribution in [2.75, 3.05) is 11.1 Å². The minimum Gasteiger partial charge on any atom is -0.343 e.